The molecular formula is C12H20N4O2. The number of anilines is 1. The second-order valence-electron chi connectivity index (χ2n) is 5.49. The summed E-state index contributed by atoms with van der Waals surface area (Å²) in [6.45, 7) is 10.6. The molecule has 6 nitrogen and oxygen atoms in total. The van der Waals surface area contributed by atoms with Crippen LogP contribution in [0.4, 0.5) is 5.95 Å². The van der Waals surface area contributed by atoms with E-state index in [1.165, 1.54) is 0 Å². The number of carbonyl (C=O) groups is 1. The van der Waals surface area contributed by atoms with Crippen molar-refractivity contribution in [2.75, 3.05) is 5.32 Å². The molecule has 0 aliphatic heterocycles. The van der Waals surface area contributed by atoms with Gasteiger partial charge in [-0.1, -0.05) is 0 Å². The SMILES string of the molecule is Cc1nnc(NC(C)(C)C(C)(C)C(=O)O)nc1C. The Kier molecular flexibility index (Phi) is 3.59. The third kappa shape index (κ3) is 2.57. The van der Waals surface area contributed by atoms with Crippen LogP contribution in [0.5, 0.6) is 0 Å². The van der Waals surface area contributed by atoms with Crippen LogP contribution in [-0.4, -0.2) is 31.8 Å². The van der Waals surface area contributed by atoms with Crippen LogP contribution in [0.15, 0.2) is 0 Å². The van der Waals surface area contributed by atoms with Gasteiger partial charge in [-0.3, -0.25) is 4.79 Å². The normalized spacial score (nSPS) is 12.3. The van der Waals surface area contributed by atoms with E-state index in [4.69, 9.17) is 0 Å². The summed E-state index contributed by atoms with van der Waals surface area (Å²) in [7, 11) is 0. The molecule has 0 unspecified atom stereocenters. The zero-order valence-corrected chi connectivity index (χ0v) is 11.7. The van der Waals surface area contributed by atoms with Crippen LogP contribution in [0.1, 0.15) is 39.1 Å². The van der Waals surface area contributed by atoms with Gasteiger partial charge < -0.3 is 10.4 Å². The molecule has 1 heterocycles. The second kappa shape index (κ2) is 4.51. The third-order valence-electron chi connectivity index (χ3n) is 3.61. The molecule has 0 aromatic carbocycles. The standard InChI is InChI=1S/C12H20N4O2/c1-7-8(2)15-16-10(13-7)14-12(5,6)11(3,4)9(17)18/h1-6H3,(H,17,18)(H,13,14,16). The first-order chi connectivity index (χ1) is 8.08. The number of carboxylic acid groups (broad SMARTS) is 1. The maximum Gasteiger partial charge on any atom is 0.311 e. The van der Waals surface area contributed by atoms with Gasteiger partial charge in [0.25, 0.3) is 0 Å². The van der Waals surface area contributed by atoms with Crippen molar-refractivity contribution in [3.8, 4) is 0 Å². The number of rotatable bonds is 4. The molecule has 0 fully saturated rings. The number of nitrogens with zero attached hydrogens (tertiary/aromatic N) is 3. The molecule has 100 valence electrons. The number of aliphatic carboxylic acids is 1. The molecule has 1 aromatic rings. The van der Waals surface area contributed by atoms with E-state index >= 15 is 0 Å². The Labute approximate surface area is 107 Å². The minimum atomic E-state index is -0.963. The molecule has 1 aromatic heterocycles. The molecule has 1 rings (SSSR count). The number of hydrogen-bond acceptors (Lipinski definition) is 5. The zero-order valence-electron chi connectivity index (χ0n) is 11.7. The Morgan fingerprint density at radius 1 is 1.11 bits per heavy atom. The highest BCUT2D eigenvalue weighted by molar-refractivity contribution is 5.76. The van der Waals surface area contributed by atoms with Crippen molar-refractivity contribution in [1.82, 2.24) is 15.2 Å². The summed E-state index contributed by atoms with van der Waals surface area (Å²) >= 11 is 0. The molecule has 18 heavy (non-hydrogen) atoms. The minimum absolute atomic E-state index is 0.345. The van der Waals surface area contributed by atoms with Crippen molar-refractivity contribution in [2.24, 2.45) is 5.41 Å². The maximum atomic E-state index is 11.3. The minimum Gasteiger partial charge on any atom is -0.481 e. The molecule has 0 atom stereocenters. The van der Waals surface area contributed by atoms with Gasteiger partial charge in [-0.2, -0.15) is 5.10 Å². The van der Waals surface area contributed by atoms with E-state index in [1.54, 1.807) is 27.7 Å². The fourth-order valence-electron chi connectivity index (χ4n) is 1.21. The van der Waals surface area contributed by atoms with Crippen LogP contribution < -0.4 is 5.32 Å². The highest BCUT2D eigenvalue weighted by Gasteiger charge is 2.44. The van der Waals surface area contributed by atoms with E-state index in [2.05, 4.69) is 20.5 Å². The molecule has 0 saturated carbocycles. The molecule has 0 spiro atoms. The summed E-state index contributed by atoms with van der Waals surface area (Å²) < 4.78 is 0. The Balaban J connectivity index is 3.02. The number of aromatic nitrogens is 3. The lowest BCUT2D eigenvalue weighted by atomic mass is 9.74. The summed E-state index contributed by atoms with van der Waals surface area (Å²) in [6.07, 6.45) is 0. The lowest BCUT2D eigenvalue weighted by Crippen LogP contribution is -2.51. The quantitative estimate of drug-likeness (QED) is 0.849. The summed E-state index contributed by atoms with van der Waals surface area (Å²) in [6, 6.07) is 0. The topological polar surface area (TPSA) is 88.0 Å². The molecule has 0 radical (unpaired) electrons. The largest absolute Gasteiger partial charge is 0.481 e. The Morgan fingerprint density at radius 2 is 1.67 bits per heavy atom. The molecule has 0 saturated heterocycles. The first-order valence-corrected chi connectivity index (χ1v) is 5.77. The summed E-state index contributed by atoms with van der Waals surface area (Å²) in [5.74, 6) is -0.533. The van der Waals surface area contributed by atoms with Gasteiger partial charge in [0.2, 0.25) is 5.95 Å². The molecule has 0 aliphatic rings. The van der Waals surface area contributed by atoms with Gasteiger partial charge >= 0.3 is 5.97 Å². The van der Waals surface area contributed by atoms with Gasteiger partial charge in [0.15, 0.2) is 0 Å². The molecule has 2 N–H and O–H groups in total. The van der Waals surface area contributed by atoms with Gasteiger partial charge in [0, 0.05) is 0 Å². The Hall–Kier alpha value is -1.72. The smallest absolute Gasteiger partial charge is 0.311 e. The number of nitrogens with one attached hydrogen (secondary N) is 1. The molecule has 0 aliphatic carbocycles. The zero-order chi connectivity index (χ0) is 14.1. The lowest BCUT2D eigenvalue weighted by Gasteiger charge is -2.38. The summed E-state index contributed by atoms with van der Waals surface area (Å²) in [4.78, 5) is 15.5. The van der Waals surface area contributed by atoms with E-state index < -0.39 is 16.9 Å². The van der Waals surface area contributed by atoms with Crippen LogP contribution in [0.25, 0.3) is 0 Å². The molecule has 6 heteroatoms. The number of hydrogen-bond donors (Lipinski definition) is 2. The van der Waals surface area contributed by atoms with Gasteiger partial charge in [-0.05, 0) is 41.5 Å². The van der Waals surface area contributed by atoms with Crippen molar-refractivity contribution >= 4 is 11.9 Å². The van der Waals surface area contributed by atoms with Crippen LogP contribution in [0.2, 0.25) is 0 Å². The Bertz CT molecular complexity index is 469. The van der Waals surface area contributed by atoms with Crippen LogP contribution in [-0.2, 0) is 4.79 Å². The van der Waals surface area contributed by atoms with Crippen molar-refractivity contribution in [3.05, 3.63) is 11.4 Å². The van der Waals surface area contributed by atoms with Crippen molar-refractivity contribution in [1.29, 1.82) is 0 Å². The van der Waals surface area contributed by atoms with Gasteiger partial charge in [-0.15, -0.1) is 5.10 Å². The summed E-state index contributed by atoms with van der Waals surface area (Å²) in [5, 5.41) is 20.2. The summed E-state index contributed by atoms with van der Waals surface area (Å²) in [5.41, 5.74) is -0.135. The van der Waals surface area contributed by atoms with Crippen molar-refractivity contribution in [3.63, 3.8) is 0 Å². The maximum absolute atomic E-state index is 11.3. The van der Waals surface area contributed by atoms with Gasteiger partial charge in [-0.25, -0.2) is 4.98 Å². The second-order valence-corrected chi connectivity index (χ2v) is 5.49. The van der Waals surface area contributed by atoms with Gasteiger partial charge in [0.05, 0.1) is 22.3 Å². The van der Waals surface area contributed by atoms with Crippen LogP contribution >= 0.6 is 0 Å². The van der Waals surface area contributed by atoms with Crippen LogP contribution in [0, 0.1) is 19.3 Å². The molecular weight excluding hydrogens is 232 g/mol. The number of aryl methyl sites for hydroxylation is 2. The molecule has 0 amide bonds. The predicted octanol–water partition coefficient (Wildman–Crippen LogP) is 1.79. The Morgan fingerprint density at radius 3 is 2.11 bits per heavy atom. The van der Waals surface area contributed by atoms with Crippen molar-refractivity contribution < 1.29 is 9.90 Å². The van der Waals surface area contributed by atoms with E-state index in [-0.39, 0.29) is 0 Å². The first-order valence-electron chi connectivity index (χ1n) is 5.77. The van der Waals surface area contributed by atoms with Gasteiger partial charge in [0.1, 0.15) is 0 Å². The predicted molar refractivity (Wildman–Crippen MR) is 68.4 cm³/mol. The fourth-order valence-corrected chi connectivity index (χ4v) is 1.21. The lowest BCUT2D eigenvalue weighted by molar-refractivity contribution is -0.149. The monoisotopic (exact) mass is 252 g/mol. The first kappa shape index (κ1) is 14.3. The average molecular weight is 252 g/mol. The van der Waals surface area contributed by atoms with E-state index in [0.29, 0.717) is 5.95 Å². The third-order valence-corrected chi connectivity index (χ3v) is 3.61. The fraction of sp³-hybridized carbons (Fsp3) is 0.667. The number of carboxylic acids is 1. The van der Waals surface area contributed by atoms with Crippen molar-refractivity contribution in [2.45, 2.75) is 47.1 Å². The highest BCUT2D eigenvalue weighted by Crippen LogP contribution is 2.33. The van der Waals surface area contributed by atoms with E-state index in [0.717, 1.165) is 11.4 Å². The van der Waals surface area contributed by atoms with E-state index in [1.807, 2.05) is 13.8 Å². The van der Waals surface area contributed by atoms with E-state index in [9.17, 15) is 9.90 Å². The van der Waals surface area contributed by atoms with Crippen LogP contribution in [0.3, 0.4) is 0 Å². The average Bonchev–Trinajstić information content (AvgIpc) is 2.22. The molecule has 0 bridgehead atoms. The highest BCUT2D eigenvalue weighted by atomic mass is 16.4.